The fourth-order valence-corrected chi connectivity index (χ4v) is 4.52. The number of fused-ring (bicyclic) bond motifs is 1. The van der Waals surface area contributed by atoms with Crippen LogP contribution < -0.4 is 10.0 Å². The molecule has 0 saturated carbocycles. The predicted octanol–water partition coefficient (Wildman–Crippen LogP) is -0.231. The third kappa shape index (κ3) is 2.11. The quantitative estimate of drug-likeness (QED) is 0.724. The Bertz CT molecular complexity index is 355. The van der Waals surface area contributed by atoms with Crippen molar-refractivity contribution in [3.8, 4) is 0 Å². The lowest BCUT2D eigenvalue weighted by Crippen LogP contribution is -2.46. The molecule has 0 aliphatic carbocycles. The van der Waals surface area contributed by atoms with Gasteiger partial charge in [0.1, 0.15) is 0 Å². The fraction of sp³-hybridized carbons (Fsp3) is 1.00. The van der Waals surface area contributed by atoms with Crippen LogP contribution in [0.1, 0.15) is 20.8 Å². The molecule has 0 radical (unpaired) electrons. The summed E-state index contributed by atoms with van der Waals surface area (Å²) in [4.78, 5) is 0. The Hall–Kier alpha value is -0.170. The van der Waals surface area contributed by atoms with Gasteiger partial charge in [0.05, 0.1) is 0 Å². The van der Waals surface area contributed by atoms with Crippen LogP contribution in [0.5, 0.6) is 0 Å². The second-order valence-corrected chi connectivity index (χ2v) is 6.82. The van der Waals surface area contributed by atoms with Gasteiger partial charge in [-0.1, -0.05) is 0 Å². The largest absolute Gasteiger partial charge is 0.316 e. The van der Waals surface area contributed by atoms with Gasteiger partial charge in [0, 0.05) is 18.6 Å². The molecule has 2 saturated heterocycles. The summed E-state index contributed by atoms with van der Waals surface area (Å²) in [5.74, 6) is 0.961. The smallest absolute Gasteiger partial charge is 0.279 e. The molecule has 2 rings (SSSR count). The molecule has 2 aliphatic heterocycles. The Labute approximate surface area is 97.8 Å². The van der Waals surface area contributed by atoms with Crippen molar-refractivity contribution in [2.24, 2.45) is 11.8 Å². The van der Waals surface area contributed by atoms with Gasteiger partial charge >= 0.3 is 0 Å². The third-order valence-electron chi connectivity index (χ3n) is 3.57. The normalized spacial score (nSPS) is 35.9. The number of hydrogen-bond donors (Lipinski definition) is 2. The fourth-order valence-electron chi connectivity index (χ4n) is 2.81. The maximum atomic E-state index is 12.1. The summed E-state index contributed by atoms with van der Waals surface area (Å²) in [6.07, 6.45) is 0. The van der Waals surface area contributed by atoms with E-state index in [1.54, 1.807) is 4.31 Å². The molecule has 0 amide bonds. The Morgan fingerprint density at radius 1 is 1.38 bits per heavy atom. The molecule has 0 spiro atoms. The van der Waals surface area contributed by atoms with E-state index in [1.807, 2.05) is 20.8 Å². The van der Waals surface area contributed by atoms with Gasteiger partial charge in [-0.3, -0.25) is 0 Å². The molecule has 2 heterocycles. The minimum absolute atomic E-state index is 0.0456. The highest BCUT2D eigenvalue weighted by Gasteiger charge is 2.46. The first-order valence-corrected chi connectivity index (χ1v) is 7.35. The Morgan fingerprint density at radius 2 is 2.06 bits per heavy atom. The lowest BCUT2D eigenvalue weighted by Gasteiger charge is -2.25. The van der Waals surface area contributed by atoms with Crippen LogP contribution in [0.3, 0.4) is 0 Å². The van der Waals surface area contributed by atoms with Gasteiger partial charge in [-0.2, -0.15) is 17.4 Å². The summed E-state index contributed by atoms with van der Waals surface area (Å²) in [5, 5.41) is 3.33. The highest BCUT2D eigenvalue weighted by molar-refractivity contribution is 7.87. The van der Waals surface area contributed by atoms with Crippen LogP contribution in [0.25, 0.3) is 0 Å². The first kappa shape index (κ1) is 12.3. The van der Waals surface area contributed by atoms with Gasteiger partial charge in [-0.25, -0.2) is 0 Å². The van der Waals surface area contributed by atoms with Gasteiger partial charge in [-0.15, -0.1) is 0 Å². The van der Waals surface area contributed by atoms with Crippen molar-refractivity contribution in [1.82, 2.24) is 14.3 Å². The first-order chi connectivity index (χ1) is 7.42. The van der Waals surface area contributed by atoms with E-state index in [-0.39, 0.29) is 12.1 Å². The topological polar surface area (TPSA) is 61.4 Å². The summed E-state index contributed by atoms with van der Waals surface area (Å²) >= 11 is 0. The van der Waals surface area contributed by atoms with Crippen molar-refractivity contribution < 1.29 is 8.42 Å². The molecule has 2 fully saturated rings. The maximum Gasteiger partial charge on any atom is 0.279 e. The maximum absolute atomic E-state index is 12.1. The van der Waals surface area contributed by atoms with Crippen LogP contribution in [-0.4, -0.2) is 44.4 Å². The van der Waals surface area contributed by atoms with Crippen molar-refractivity contribution in [1.29, 1.82) is 0 Å². The van der Waals surface area contributed by atoms with Crippen molar-refractivity contribution in [2.75, 3.05) is 19.6 Å². The molecule has 5 nitrogen and oxygen atoms in total. The van der Waals surface area contributed by atoms with E-state index in [0.29, 0.717) is 18.4 Å². The Balaban J connectivity index is 2.12. The summed E-state index contributed by atoms with van der Waals surface area (Å²) in [7, 11) is -3.29. The summed E-state index contributed by atoms with van der Waals surface area (Å²) < 4.78 is 28.4. The minimum atomic E-state index is -3.29. The molecule has 6 heteroatoms. The van der Waals surface area contributed by atoms with Crippen LogP contribution >= 0.6 is 0 Å². The average Bonchev–Trinajstić information content (AvgIpc) is 2.66. The number of hydrogen-bond acceptors (Lipinski definition) is 3. The van der Waals surface area contributed by atoms with Gasteiger partial charge < -0.3 is 5.32 Å². The van der Waals surface area contributed by atoms with E-state index in [0.717, 1.165) is 13.1 Å². The minimum Gasteiger partial charge on any atom is -0.316 e. The van der Waals surface area contributed by atoms with Gasteiger partial charge in [0.25, 0.3) is 10.2 Å². The monoisotopic (exact) mass is 247 g/mol. The van der Waals surface area contributed by atoms with E-state index in [9.17, 15) is 8.42 Å². The van der Waals surface area contributed by atoms with Crippen LogP contribution in [0.4, 0.5) is 0 Å². The van der Waals surface area contributed by atoms with Crippen molar-refractivity contribution in [3.63, 3.8) is 0 Å². The van der Waals surface area contributed by atoms with E-state index >= 15 is 0 Å². The van der Waals surface area contributed by atoms with Crippen molar-refractivity contribution in [3.05, 3.63) is 0 Å². The van der Waals surface area contributed by atoms with Crippen LogP contribution in [-0.2, 0) is 10.2 Å². The first-order valence-electron chi connectivity index (χ1n) is 5.91. The molecular weight excluding hydrogens is 226 g/mol. The molecule has 0 aromatic rings. The summed E-state index contributed by atoms with van der Waals surface area (Å²) in [6.45, 7) is 8.25. The molecule has 0 aromatic heterocycles. The lowest BCUT2D eigenvalue weighted by atomic mass is 9.95. The molecule has 0 aromatic carbocycles. The van der Waals surface area contributed by atoms with E-state index in [2.05, 4.69) is 10.0 Å². The SMILES string of the molecule is CC(C)NS(=O)(=O)N1CC2CNCC2C1C. The van der Waals surface area contributed by atoms with E-state index in [4.69, 9.17) is 0 Å². The van der Waals surface area contributed by atoms with Gasteiger partial charge in [-0.05, 0) is 45.7 Å². The van der Waals surface area contributed by atoms with Crippen LogP contribution in [0.15, 0.2) is 0 Å². The Kier molecular flexibility index (Phi) is 3.27. The summed E-state index contributed by atoms with van der Waals surface area (Å²) in [5.41, 5.74) is 0. The lowest BCUT2D eigenvalue weighted by molar-refractivity contribution is 0.353. The van der Waals surface area contributed by atoms with Crippen molar-refractivity contribution >= 4 is 10.2 Å². The second-order valence-electron chi connectivity index (χ2n) is 5.17. The van der Waals surface area contributed by atoms with Gasteiger partial charge in [0.15, 0.2) is 0 Å². The zero-order chi connectivity index (χ0) is 11.9. The molecule has 2 N–H and O–H groups in total. The molecule has 3 atom stereocenters. The highest BCUT2D eigenvalue weighted by Crippen LogP contribution is 2.33. The van der Waals surface area contributed by atoms with E-state index < -0.39 is 10.2 Å². The standard InChI is InChI=1S/C10H21N3O2S/c1-7(2)12-16(14,15)13-6-9-4-11-5-10(9)8(13)3/h7-12H,4-6H2,1-3H3. The zero-order valence-corrected chi connectivity index (χ0v) is 10.9. The van der Waals surface area contributed by atoms with Crippen LogP contribution in [0.2, 0.25) is 0 Å². The second kappa shape index (κ2) is 4.25. The number of rotatable bonds is 3. The van der Waals surface area contributed by atoms with Crippen LogP contribution in [0, 0.1) is 11.8 Å². The molecule has 0 bridgehead atoms. The highest BCUT2D eigenvalue weighted by atomic mass is 32.2. The average molecular weight is 247 g/mol. The number of nitrogens with one attached hydrogen (secondary N) is 2. The Morgan fingerprint density at radius 3 is 2.62 bits per heavy atom. The van der Waals surface area contributed by atoms with Crippen molar-refractivity contribution in [2.45, 2.75) is 32.9 Å². The predicted molar refractivity (Wildman–Crippen MR) is 63.2 cm³/mol. The van der Waals surface area contributed by atoms with E-state index in [1.165, 1.54) is 0 Å². The molecule has 94 valence electrons. The number of nitrogens with zero attached hydrogens (tertiary/aromatic N) is 1. The molecule has 2 aliphatic rings. The molecule has 16 heavy (non-hydrogen) atoms. The van der Waals surface area contributed by atoms with Gasteiger partial charge in [0.2, 0.25) is 0 Å². The zero-order valence-electron chi connectivity index (χ0n) is 10.1. The molecule has 3 unspecified atom stereocenters. The summed E-state index contributed by atoms with van der Waals surface area (Å²) in [6, 6.07) is 0.0621. The molecular formula is C10H21N3O2S. The third-order valence-corrected chi connectivity index (χ3v) is 5.44.